The molecular weight excluding hydrogens is 482 g/mol. The van der Waals surface area contributed by atoms with Crippen LogP contribution in [0.25, 0.3) is 6.08 Å². The highest BCUT2D eigenvalue weighted by Crippen LogP contribution is 2.34. The van der Waals surface area contributed by atoms with Gasteiger partial charge in [-0.05, 0) is 64.8 Å². The monoisotopic (exact) mass is 497 g/mol. The van der Waals surface area contributed by atoms with E-state index in [1.54, 1.807) is 30.2 Å². The number of halogens is 2. The molecule has 0 unspecified atom stereocenters. The number of rotatable bonds is 6. The maximum Gasteiger partial charge on any atom is 0.266 e. The second kappa shape index (κ2) is 9.31. The summed E-state index contributed by atoms with van der Waals surface area (Å²) >= 11 is 16.0. The Morgan fingerprint density at radius 1 is 1.25 bits per heavy atom. The molecule has 1 aliphatic heterocycles. The van der Waals surface area contributed by atoms with Crippen LogP contribution in [0.2, 0.25) is 5.02 Å². The van der Waals surface area contributed by atoms with Crippen molar-refractivity contribution in [3.8, 4) is 11.5 Å². The van der Waals surface area contributed by atoms with E-state index in [0.29, 0.717) is 38.9 Å². The van der Waals surface area contributed by atoms with Crippen molar-refractivity contribution < 1.29 is 14.3 Å². The first-order valence-electron chi connectivity index (χ1n) is 8.43. The van der Waals surface area contributed by atoms with Gasteiger partial charge in [-0.25, -0.2) is 0 Å². The van der Waals surface area contributed by atoms with Crippen LogP contribution in [0.5, 0.6) is 11.5 Å². The minimum Gasteiger partial charge on any atom is -0.496 e. The molecular formula is C20H17BrClNO3S2. The lowest BCUT2D eigenvalue weighted by atomic mass is 10.1. The molecule has 0 spiro atoms. The topological polar surface area (TPSA) is 38.8 Å². The third-order valence-corrected chi connectivity index (χ3v) is 6.30. The Hall–Kier alpha value is -1.54. The van der Waals surface area contributed by atoms with E-state index in [9.17, 15) is 4.79 Å². The Kier molecular flexibility index (Phi) is 7.04. The summed E-state index contributed by atoms with van der Waals surface area (Å²) in [4.78, 5) is 14.6. The van der Waals surface area contributed by atoms with E-state index in [0.717, 1.165) is 15.6 Å². The summed E-state index contributed by atoms with van der Waals surface area (Å²) in [7, 11) is 1.61. The minimum atomic E-state index is -0.0591. The van der Waals surface area contributed by atoms with Gasteiger partial charge < -0.3 is 9.47 Å². The molecule has 3 rings (SSSR count). The Morgan fingerprint density at radius 2 is 2.00 bits per heavy atom. The lowest BCUT2D eigenvalue weighted by Gasteiger charge is -2.12. The zero-order chi connectivity index (χ0) is 20.3. The number of nitrogens with zero attached hydrogens (tertiary/aromatic N) is 1. The standard InChI is InChI=1S/C20H17BrClNO3S2/c1-3-23-19(24)18(28-20(23)27)9-12-4-6-16(25-2)13(8-12)11-26-17-7-5-14(22)10-15(17)21/h4-10H,3,11H2,1-2H3/b18-9-. The first-order valence-corrected chi connectivity index (χ1v) is 10.8. The van der Waals surface area contributed by atoms with E-state index in [1.807, 2.05) is 31.2 Å². The summed E-state index contributed by atoms with van der Waals surface area (Å²) in [6.45, 7) is 2.78. The Labute approximate surface area is 187 Å². The van der Waals surface area contributed by atoms with Gasteiger partial charge in [-0.15, -0.1) is 0 Å². The molecule has 1 fully saturated rings. The number of thiocarbonyl (C=S) groups is 1. The second-order valence-electron chi connectivity index (χ2n) is 5.86. The SMILES string of the molecule is CCN1C(=O)/C(=C/c2ccc(OC)c(COc3ccc(Cl)cc3Br)c2)SC1=S. The van der Waals surface area contributed by atoms with Crippen molar-refractivity contribution in [1.29, 1.82) is 0 Å². The first-order chi connectivity index (χ1) is 13.4. The number of hydrogen-bond acceptors (Lipinski definition) is 5. The number of ether oxygens (including phenoxy) is 2. The van der Waals surface area contributed by atoms with Gasteiger partial charge in [-0.2, -0.15) is 0 Å². The van der Waals surface area contributed by atoms with Gasteiger partial charge in [0.25, 0.3) is 5.91 Å². The van der Waals surface area contributed by atoms with E-state index < -0.39 is 0 Å². The van der Waals surface area contributed by atoms with Crippen LogP contribution in [0.1, 0.15) is 18.1 Å². The maximum atomic E-state index is 12.4. The maximum absolute atomic E-state index is 12.4. The number of benzene rings is 2. The first kappa shape index (κ1) is 21.2. The summed E-state index contributed by atoms with van der Waals surface area (Å²) in [5.41, 5.74) is 1.75. The van der Waals surface area contributed by atoms with Crippen molar-refractivity contribution in [2.24, 2.45) is 0 Å². The summed E-state index contributed by atoms with van der Waals surface area (Å²) in [5.74, 6) is 1.33. The van der Waals surface area contributed by atoms with Crippen LogP contribution in [-0.2, 0) is 11.4 Å². The van der Waals surface area contributed by atoms with E-state index in [-0.39, 0.29) is 5.91 Å². The number of carbonyl (C=O) groups excluding carboxylic acids is 1. The van der Waals surface area contributed by atoms with Gasteiger partial charge in [0.15, 0.2) is 0 Å². The quantitative estimate of drug-likeness (QED) is 0.366. The third-order valence-electron chi connectivity index (χ3n) is 4.07. The minimum absolute atomic E-state index is 0.0591. The van der Waals surface area contributed by atoms with Crippen LogP contribution < -0.4 is 9.47 Å². The summed E-state index contributed by atoms with van der Waals surface area (Å²) in [6.07, 6.45) is 1.84. The number of carbonyl (C=O) groups is 1. The van der Waals surface area contributed by atoms with Crippen LogP contribution in [0.15, 0.2) is 45.8 Å². The van der Waals surface area contributed by atoms with E-state index >= 15 is 0 Å². The van der Waals surface area contributed by atoms with E-state index in [4.69, 9.17) is 33.3 Å². The van der Waals surface area contributed by atoms with Gasteiger partial charge in [0.05, 0.1) is 16.5 Å². The fraction of sp³-hybridized carbons (Fsp3) is 0.200. The van der Waals surface area contributed by atoms with Crippen LogP contribution in [0.4, 0.5) is 0 Å². The normalized spacial score (nSPS) is 15.4. The Bertz CT molecular complexity index is 964. The van der Waals surface area contributed by atoms with Crippen molar-refractivity contribution in [2.45, 2.75) is 13.5 Å². The molecule has 0 radical (unpaired) electrons. The van der Waals surface area contributed by atoms with Crippen LogP contribution in [0.3, 0.4) is 0 Å². The zero-order valence-electron chi connectivity index (χ0n) is 15.2. The summed E-state index contributed by atoms with van der Waals surface area (Å²) in [5, 5.41) is 0.628. The number of likely N-dealkylation sites (N-methyl/N-ethyl adjacent to an activating group) is 1. The number of hydrogen-bond donors (Lipinski definition) is 0. The molecule has 0 bridgehead atoms. The molecule has 2 aromatic carbocycles. The summed E-state index contributed by atoms with van der Waals surface area (Å²) < 4.78 is 12.7. The molecule has 0 atom stereocenters. The lowest BCUT2D eigenvalue weighted by Crippen LogP contribution is -2.27. The number of thioether (sulfide) groups is 1. The Balaban J connectivity index is 1.83. The molecule has 0 saturated carbocycles. The van der Waals surface area contributed by atoms with E-state index in [2.05, 4.69) is 15.9 Å². The third kappa shape index (κ3) is 4.71. The van der Waals surface area contributed by atoms with Crippen molar-refractivity contribution in [1.82, 2.24) is 4.90 Å². The molecule has 1 saturated heterocycles. The molecule has 1 aliphatic rings. The van der Waals surface area contributed by atoms with Crippen molar-refractivity contribution in [2.75, 3.05) is 13.7 Å². The fourth-order valence-corrected chi connectivity index (χ4v) is 4.85. The van der Waals surface area contributed by atoms with E-state index in [1.165, 1.54) is 11.8 Å². The zero-order valence-corrected chi connectivity index (χ0v) is 19.2. The van der Waals surface area contributed by atoms with Gasteiger partial charge in [-0.1, -0.05) is 41.6 Å². The van der Waals surface area contributed by atoms with Crippen molar-refractivity contribution >= 4 is 67.8 Å². The molecule has 28 heavy (non-hydrogen) atoms. The Morgan fingerprint density at radius 3 is 2.64 bits per heavy atom. The van der Waals surface area contributed by atoms with Gasteiger partial charge in [0.2, 0.25) is 0 Å². The van der Waals surface area contributed by atoms with Gasteiger partial charge in [-0.3, -0.25) is 9.69 Å². The molecule has 4 nitrogen and oxygen atoms in total. The predicted molar refractivity (Wildman–Crippen MR) is 122 cm³/mol. The molecule has 0 aromatic heterocycles. The molecule has 1 heterocycles. The highest BCUT2D eigenvalue weighted by Gasteiger charge is 2.30. The molecule has 0 aliphatic carbocycles. The van der Waals surface area contributed by atoms with Crippen LogP contribution in [-0.4, -0.2) is 28.8 Å². The highest BCUT2D eigenvalue weighted by molar-refractivity contribution is 9.10. The van der Waals surface area contributed by atoms with Crippen molar-refractivity contribution in [3.05, 3.63) is 61.9 Å². The van der Waals surface area contributed by atoms with Gasteiger partial charge in [0.1, 0.15) is 22.4 Å². The number of amides is 1. The highest BCUT2D eigenvalue weighted by atomic mass is 79.9. The van der Waals surface area contributed by atoms with Crippen LogP contribution >= 0.6 is 51.5 Å². The average molecular weight is 499 g/mol. The second-order valence-corrected chi connectivity index (χ2v) is 8.83. The molecule has 8 heteroatoms. The smallest absolute Gasteiger partial charge is 0.266 e. The molecule has 146 valence electrons. The molecule has 0 N–H and O–H groups in total. The molecule has 2 aromatic rings. The fourth-order valence-electron chi connectivity index (χ4n) is 2.67. The largest absolute Gasteiger partial charge is 0.496 e. The van der Waals surface area contributed by atoms with Crippen molar-refractivity contribution in [3.63, 3.8) is 0 Å². The summed E-state index contributed by atoms with van der Waals surface area (Å²) in [6, 6.07) is 11.1. The van der Waals surface area contributed by atoms with Gasteiger partial charge in [0, 0.05) is 17.1 Å². The predicted octanol–water partition coefficient (Wildman–Crippen LogP) is 5.91. The van der Waals surface area contributed by atoms with Gasteiger partial charge >= 0.3 is 0 Å². The lowest BCUT2D eigenvalue weighted by molar-refractivity contribution is -0.121. The molecule has 1 amide bonds. The average Bonchev–Trinajstić information content (AvgIpc) is 2.93. The van der Waals surface area contributed by atoms with Crippen LogP contribution in [0, 0.1) is 0 Å². The number of methoxy groups -OCH3 is 1.